The van der Waals surface area contributed by atoms with Gasteiger partial charge in [0.15, 0.2) is 5.96 Å². The molecule has 114 valence electrons. The predicted molar refractivity (Wildman–Crippen MR) is 92.5 cm³/mol. The van der Waals surface area contributed by atoms with Gasteiger partial charge in [0.2, 0.25) is 0 Å². The van der Waals surface area contributed by atoms with Gasteiger partial charge in [-0.3, -0.25) is 4.99 Å². The van der Waals surface area contributed by atoms with Gasteiger partial charge in [0, 0.05) is 39.4 Å². The van der Waals surface area contributed by atoms with Crippen LogP contribution < -0.4 is 5.32 Å². The fraction of sp³-hybridized carbons (Fsp3) is 0.929. The van der Waals surface area contributed by atoms with Gasteiger partial charge in [0.05, 0.1) is 0 Å². The number of aliphatic imine (C=N–C) groups is 1. The molecular weight excluding hydrogens is 353 g/mol. The van der Waals surface area contributed by atoms with E-state index in [0.717, 1.165) is 51.8 Å². The van der Waals surface area contributed by atoms with E-state index in [4.69, 9.17) is 4.74 Å². The summed E-state index contributed by atoms with van der Waals surface area (Å²) in [4.78, 5) is 7.06. The van der Waals surface area contributed by atoms with E-state index in [1.165, 1.54) is 6.42 Å². The van der Waals surface area contributed by atoms with E-state index in [0.29, 0.717) is 5.41 Å². The van der Waals surface area contributed by atoms with E-state index >= 15 is 0 Å². The largest absolute Gasteiger partial charge is 0.382 e. The Morgan fingerprint density at radius 3 is 2.63 bits per heavy atom. The highest BCUT2D eigenvalue weighted by molar-refractivity contribution is 14.0. The maximum atomic E-state index is 5.33. The lowest BCUT2D eigenvalue weighted by atomic mass is 9.93. The molecule has 4 nitrogen and oxygen atoms in total. The fourth-order valence-electron chi connectivity index (χ4n) is 2.21. The highest BCUT2D eigenvalue weighted by Gasteiger charge is 2.30. The van der Waals surface area contributed by atoms with Crippen molar-refractivity contribution < 1.29 is 4.74 Å². The number of hydrogen-bond acceptors (Lipinski definition) is 2. The standard InChI is InChI=1S/C14H29N3O.HI/c1-5-15-13(16-9-7-11-18-6-2)17-10-8-14(3,4)12-17;/h5-12H2,1-4H3,(H,15,16);1H. The molecule has 19 heavy (non-hydrogen) atoms. The number of halogens is 1. The number of guanidine groups is 1. The van der Waals surface area contributed by atoms with E-state index in [-0.39, 0.29) is 24.0 Å². The molecule has 1 aliphatic rings. The molecule has 1 N–H and O–H groups in total. The van der Waals surface area contributed by atoms with Crippen LogP contribution in [0.4, 0.5) is 0 Å². The van der Waals surface area contributed by atoms with Crippen molar-refractivity contribution >= 4 is 29.9 Å². The summed E-state index contributed by atoms with van der Waals surface area (Å²) >= 11 is 0. The first-order valence-electron chi connectivity index (χ1n) is 7.20. The van der Waals surface area contributed by atoms with Gasteiger partial charge in [-0.05, 0) is 32.1 Å². The van der Waals surface area contributed by atoms with Crippen LogP contribution in [0, 0.1) is 5.41 Å². The van der Waals surface area contributed by atoms with Crippen LogP contribution in [-0.4, -0.2) is 50.3 Å². The first-order chi connectivity index (χ1) is 8.59. The Labute approximate surface area is 135 Å². The monoisotopic (exact) mass is 383 g/mol. The Kier molecular flexibility index (Phi) is 9.78. The van der Waals surface area contributed by atoms with Crippen LogP contribution in [0.5, 0.6) is 0 Å². The summed E-state index contributed by atoms with van der Waals surface area (Å²) in [6, 6.07) is 0. The minimum absolute atomic E-state index is 0. The summed E-state index contributed by atoms with van der Waals surface area (Å²) < 4.78 is 5.33. The third-order valence-corrected chi connectivity index (χ3v) is 3.22. The Morgan fingerprint density at radius 1 is 1.37 bits per heavy atom. The van der Waals surface area contributed by atoms with Crippen LogP contribution >= 0.6 is 24.0 Å². The first-order valence-corrected chi connectivity index (χ1v) is 7.20. The van der Waals surface area contributed by atoms with Crippen molar-refractivity contribution in [3.05, 3.63) is 0 Å². The number of rotatable bonds is 6. The number of nitrogens with zero attached hydrogens (tertiary/aromatic N) is 2. The van der Waals surface area contributed by atoms with E-state index in [1.54, 1.807) is 0 Å². The van der Waals surface area contributed by atoms with Gasteiger partial charge in [-0.25, -0.2) is 0 Å². The third kappa shape index (κ3) is 7.34. The second-order valence-corrected chi connectivity index (χ2v) is 5.62. The SMILES string of the molecule is CCNC(=NCCCOCC)N1CCC(C)(C)C1.I. The molecule has 0 aromatic heterocycles. The second-order valence-electron chi connectivity index (χ2n) is 5.62. The molecule has 0 aromatic carbocycles. The van der Waals surface area contributed by atoms with Crippen LogP contribution in [0.3, 0.4) is 0 Å². The van der Waals surface area contributed by atoms with Gasteiger partial charge in [-0.15, -0.1) is 24.0 Å². The lowest BCUT2D eigenvalue weighted by Crippen LogP contribution is -2.40. The van der Waals surface area contributed by atoms with Crippen molar-refractivity contribution in [3.63, 3.8) is 0 Å². The van der Waals surface area contributed by atoms with Crippen molar-refractivity contribution in [1.82, 2.24) is 10.2 Å². The highest BCUT2D eigenvalue weighted by Crippen LogP contribution is 2.28. The Hall–Kier alpha value is -0.0400. The van der Waals surface area contributed by atoms with Gasteiger partial charge in [0.1, 0.15) is 0 Å². The van der Waals surface area contributed by atoms with Crippen molar-refractivity contribution in [2.24, 2.45) is 10.4 Å². The summed E-state index contributed by atoms with van der Waals surface area (Å²) in [5.41, 5.74) is 0.418. The summed E-state index contributed by atoms with van der Waals surface area (Å²) in [6.07, 6.45) is 2.25. The van der Waals surface area contributed by atoms with E-state index in [2.05, 4.69) is 36.0 Å². The molecule has 0 radical (unpaired) electrons. The lowest BCUT2D eigenvalue weighted by molar-refractivity contribution is 0.146. The van der Waals surface area contributed by atoms with E-state index in [9.17, 15) is 0 Å². The van der Waals surface area contributed by atoms with Crippen LogP contribution in [-0.2, 0) is 4.74 Å². The van der Waals surface area contributed by atoms with Crippen molar-refractivity contribution in [1.29, 1.82) is 0 Å². The minimum atomic E-state index is 0. The molecule has 0 aliphatic carbocycles. The zero-order chi connectivity index (χ0) is 13.4. The summed E-state index contributed by atoms with van der Waals surface area (Å²) in [6.45, 7) is 14.4. The molecule has 1 rings (SSSR count). The van der Waals surface area contributed by atoms with Gasteiger partial charge in [-0.1, -0.05) is 13.8 Å². The molecule has 5 heteroatoms. The van der Waals surface area contributed by atoms with Gasteiger partial charge in [0.25, 0.3) is 0 Å². The third-order valence-electron chi connectivity index (χ3n) is 3.22. The number of nitrogens with one attached hydrogen (secondary N) is 1. The fourth-order valence-corrected chi connectivity index (χ4v) is 2.21. The van der Waals surface area contributed by atoms with Crippen molar-refractivity contribution in [2.75, 3.05) is 39.4 Å². The zero-order valence-electron chi connectivity index (χ0n) is 12.9. The smallest absolute Gasteiger partial charge is 0.193 e. The quantitative estimate of drug-likeness (QED) is 0.332. The molecule has 1 fully saturated rings. The van der Waals surface area contributed by atoms with Gasteiger partial charge < -0.3 is 15.0 Å². The molecule has 1 aliphatic heterocycles. The molecular formula is C14H30IN3O. The average molecular weight is 383 g/mol. The molecule has 0 spiro atoms. The molecule has 0 saturated carbocycles. The number of likely N-dealkylation sites (tertiary alicyclic amines) is 1. The minimum Gasteiger partial charge on any atom is -0.382 e. The summed E-state index contributed by atoms with van der Waals surface area (Å²) in [5, 5.41) is 3.39. The molecule has 0 amide bonds. The number of ether oxygens (including phenoxy) is 1. The van der Waals surface area contributed by atoms with Crippen LogP contribution in [0.15, 0.2) is 4.99 Å². The van der Waals surface area contributed by atoms with Crippen molar-refractivity contribution in [2.45, 2.75) is 40.5 Å². The van der Waals surface area contributed by atoms with Crippen molar-refractivity contribution in [3.8, 4) is 0 Å². The molecule has 1 heterocycles. The maximum Gasteiger partial charge on any atom is 0.193 e. The van der Waals surface area contributed by atoms with Crippen LogP contribution in [0.1, 0.15) is 40.5 Å². The molecule has 1 saturated heterocycles. The van der Waals surface area contributed by atoms with E-state index in [1.807, 2.05) is 6.92 Å². The topological polar surface area (TPSA) is 36.9 Å². The zero-order valence-corrected chi connectivity index (χ0v) is 15.2. The second kappa shape index (κ2) is 9.80. The Bertz CT molecular complexity index is 269. The normalized spacial score (nSPS) is 18.3. The van der Waals surface area contributed by atoms with Crippen LogP contribution in [0.2, 0.25) is 0 Å². The molecule has 0 unspecified atom stereocenters. The molecule has 0 aromatic rings. The first kappa shape index (κ1) is 19.0. The average Bonchev–Trinajstić information content (AvgIpc) is 2.68. The Morgan fingerprint density at radius 2 is 2.11 bits per heavy atom. The van der Waals surface area contributed by atoms with Crippen LogP contribution in [0.25, 0.3) is 0 Å². The molecule has 0 bridgehead atoms. The van der Waals surface area contributed by atoms with E-state index < -0.39 is 0 Å². The summed E-state index contributed by atoms with van der Waals surface area (Å²) in [7, 11) is 0. The number of hydrogen-bond donors (Lipinski definition) is 1. The predicted octanol–water partition coefficient (Wildman–Crippen LogP) is 2.73. The molecule has 0 atom stereocenters. The van der Waals surface area contributed by atoms with Gasteiger partial charge >= 0.3 is 0 Å². The summed E-state index contributed by atoms with van der Waals surface area (Å²) in [5.74, 6) is 1.07. The Balaban J connectivity index is 0.00000324. The lowest BCUT2D eigenvalue weighted by Gasteiger charge is -2.23. The maximum absolute atomic E-state index is 5.33. The highest BCUT2D eigenvalue weighted by atomic mass is 127. The van der Waals surface area contributed by atoms with Gasteiger partial charge in [-0.2, -0.15) is 0 Å².